The van der Waals surface area contributed by atoms with Crippen LogP contribution in [0, 0.1) is 5.92 Å². The molecule has 1 atom stereocenters. The number of hydrogen-bond donors (Lipinski definition) is 1. The first-order chi connectivity index (χ1) is 6.75. The molecule has 14 heavy (non-hydrogen) atoms. The quantitative estimate of drug-likeness (QED) is 0.828. The SMILES string of the molecule is CC(C)c1nc(CC2CCNC2)cs1. The number of aromatic nitrogens is 1. The molecule has 78 valence electrons. The van der Waals surface area contributed by atoms with Crippen molar-refractivity contribution < 1.29 is 0 Å². The molecule has 0 spiro atoms. The first-order valence-electron chi connectivity index (χ1n) is 5.40. The lowest BCUT2D eigenvalue weighted by Gasteiger charge is -2.04. The van der Waals surface area contributed by atoms with Gasteiger partial charge < -0.3 is 5.32 Å². The van der Waals surface area contributed by atoms with Crippen molar-refractivity contribution >= 4 is 11.3 Å². The highest BCUT2D eigenvalue weighted by Crippen LogP contribution is 2.22. The van der Waals surface area contributed by atoms with E-state index in [1.807, 2.05) is 11.3 Å². The van der Waals surface area contributed by atoms with Crippen LogP contribution in [0.25, 0.3) is 0 Å². The zero-order valence-electron chi connectivity index (χ0n) is 8.92. The van der Waals surface area contributed by atoms with Gasteiger partial charge in [-0.05, 0) is 31.8 Å². The topological polar surface area (TPSA) is 24.9 Å². The summed E-state index contributed by atoms with van der Waals surface area (Å²) >= 11 is 1.81. The molecule has 1 aromatic heterocycles. The van der Waals surface area contributed by atoms with Gasteiger partial charge in [0.05, 0.1) is 10.7 Å². The van der Waals surface area contributed by atoms with E-state index in [1.54, 1.807) is 0 Å². The molecule has 3 heteroatoms. The second-order valence-corrected chi connectivity index (χ2v) is 5.28. The van der Waals surface area contributed by atoms with Crippen molar-refractivity contribution in [3.8, 4) is 0 Å². The highest BCUT2D eigenvalue weighted by atomic mass is 32.1. The van der Waals surface area contributed by atoms with Crippen LogP contribution in [0.2, 0.25) is 0 Å². The monoisotopic (exact) mass is 210 g/mol. The van der Waals surface area contributed by atoms with Crippen molar-refractivity contribution in [3.05, 3.63) is 16.1 Å². The summed E-state index contributed by atoms with van der Waals surface area (Å²) in [6.45, 7) is 6.78. The van der Waals surface area contributed by atoms with E-state index in [0.29, 0.717) is 5.92 Å². The fourth-order valence-corrected chi connectivity index (χ4v) is 2.71. The fraction of sp³-hybridized carbons (Fsp3) is 0.727. The van der Waals surface area contributed by atoms with Gasteiger partial charge in [-0.25, -0.2) is 4.98 Å². The zero-order chi connectivity index (χ0) is 9.97. The Morgan fingerprint density at radius 3 is 3.07 bits per heavy atom. The minimum atomic E-state index is 0.579. The molecule has 1 fully saturated rings. The maximum Gasteiger partial charge on any atom is 0.0953 e. The van der Waals surface area contributed by atoms with Gasteiger partial charge in [0.25, 0.3) is 0 Å². The largest absolute Gasteiger partial charge is 0.316 e. The van der Waals surface area contributed by atoms with Gasteiger partial charge in [0, 0.05) is 11.3 Å². The van der Waals surface area contributed by atoms with Crippen molar-refractivity contribution in [2.24, 2.45) is 5.92 Å². The summed E-state index contributed by atoms with van der Waals surface area (Å²) in [5.74, 6) is 1.40. The summed E-state index contributed by atoms with van der Waals surface area (Å²) in [5.41, 5.74) is 1.30. The second-order valence-electron chi connectivity index (χ2n) is 4.39. The standard InChI is InChI=1S/C11H18N2S/c1-8(2)11-13-10(7-14-11)5-9-3-4-12-6-9/h7-9,12H,3-6H2,1-2H3. The lowest BCUT2D eigenvalue weighted by atomic mass is 10.0. The fourth-order valence-electron chi connectivity index (χ4n) is 1.87. The normalized spacial score (nSPS) is 22.1. The molecule has 1 aromatic rings. The molecule has 0 aromatic carbocycles. The maximum atomic E-state index is 4.66. The van der Waals surface area contributed by atoms with Crippen LogP contribution in [0.3, 0.4) is 0 Å². The highest BCUT2D eigenvalue weighted by Gasteiger charge is 2.16. The second kappa shape index (κ2) is 4.41. The predicted molar refractivity (Wildman–Crippen MR) is 60.9 cm³/mol. The Hall–Kier alpha value is -0.410. The maximum absolute atomic E-state index is 4.66. The molecule has 0 saturated carbocycles. The van der Waals surface area contributed by atoms with Crippen molar-refractivity contribution in [2.45, 2.75) is 32.6 Å². The average Bonchev–Trinajstić information content (AvgIpc) is 2.75. The van der Waals surface area contributed by atoms with Gasteiger partial charge in [0.15, 0.2) is 0 Å². The molecule has 2 rings (SSSR count). The van der Waals surface area contributed by atoms with Crippen molar-refractivity contribution in [2.75, 3.05) is 13.1 Å². The van der Waals surface area contributed by atoms with Gasteiger partial charge in [0.1, 0.15) is 0 Å². The third-order valence-corrected chi connectivity index (χ3v) is 3.92. The Morgan fingerprint density at radius 2 is 2.50 bits per heavy atom. The van der Waals surface area contributed by atoms with Crippen LogP contribution in [0.5, 0.6) is 0 Å². The van der Waals surface area contributed by atoms with Gasteiger partial charge in [-0.3, -0.25) is 0 Å². The Balaban J connectivity index is 1.95. The summed E-state index contributed by atoms with van der Waals surface area (Å²) in [6.07, 6.45) is 2.48. The van der Waals surface area contributed by atoms with E-state index in [-0.39, 0.29) is 0 Å². The van der Waals surface area contributed by atoms with Crippen LogP contribution in [0.1, 0.15) is 36.9 Å². The van der Waals surface area contributed by atoms with Gasteiger partial charge in [-0.15, -0.1) is 11.3 Å². The minimum Gasteiger partial charge on any atom is -0.316 e. The summed E-state index contributed by atoms with van der Waals surface area (Å²) < 4.78 is 0. The lowest BCUT2D eigenvalue weighted by Crippen LogP contribution is -2.10. The summed E-state index contributed by atoms with van der Waals surface area (Å²) in [4.78, 5) is 4.66. The predicted octanol–water partition coefficient (Wildman–Crippen LogP) is 2.42. The highest BCUT2D eigenvalue weighted by molar-refractivity contribution is 7.09. The molecule has 2 heterocycles. The van der Waals surface area contributed by atoms with E-state index < -0.39 is 0 Å². The first kappa shape index (κ1) is 10.1. The smallest absolute Gasteiger partial charge is 0.0953 e. The van der Waals surface area contributed by atoms with E-state index in [9.17, 15) is 0 Å². The van der Waals surface area contributed by atoms with Gasteiger partial charge in [-0.1, -0.05) is 13.8 Å². The molecule has 2 nitrogen and oxygen atoms in total. The van der Waals surface area contributed by atoms with E-state index in [4.69, 9.17) is 0 Å². The van der Waals surface area contributed by atoms with E-state index in [2.05, 4.69) is 29.5 Å². The Morgan fingerprint density at radius 1 is 1.64 bits per heavy atom. The Bertz CT molecular complexity index is 287. The Labute approximate surface area is 89.8 Å². The molecule has 1 aliphatic heterocycles. The third kappa shape index (κ3) is 2.34. The van der Waals surface area contributed by atoms with Crippen LogP contribution in [-0.2, 0) is 6.42 Å². The molecule has 0 amide bonds. The molecule has 0 aliphatic carbocycles. The number of hydrogen-bond acceptors (Lipinski definition) is 3. The molecular formula is C11H18N2S. The van der Waals surface area contributed by atoms with Crippen LogP contribution >= 0.6 is 11.3 Å². The van der Waals surface area contributed by atoms with Gasteiger partial charge >= 0.3 is 0 Å². The number of rotatable bonds is 3. The molecule has 0 bridgehead atoms. The summed E-state index contributed by atoms with van der Waals surface area (Å²) in [6, 6.07) is 0. The summed E-state index contributed by atoms with van der Waals surface area (Å²) in [7, 11) is 0. The van der Waals surface area contributed by atoms with Crippen LogP contribution in [0.4, 0.5) is 0 Å². The summed E-state index contributed by atoms with van der Waals surface area (Å²) in [5, 5.41) is 6.91. The molecule has 1 unspecified atom stereocenters. The van der Waals surface area contributed by atoms with E-state index >= 15 is 0 Å². The van der Waals surface area contributed by atoms with Gasteiger partial charge in [0.2, 0.25) is 0 Å². The number of nitrogens with one attached hydrogen (secondary N) is 1. The van der Waals surface area contributed by atoms with Gasteiger partial charge in [-0.2, -0.15) is 0 Å². The molecule has 1 N–H and O–H groups in total. The van der Waals surface area contributed by atoms with Crippen molar-refractivity contribution in [1.29, 1.82) is 0 Å². The van der Waals surface area contributed by atoms with E-state index in [0.717, 1.165) is 12.3 Å². The van der Waals surface area contributed by atoms with Crippen molar-refractivity contribution in [1.82, 2.24) is 10.3 Å². The van der Waals surface area contributed by atoms with E-state index in [1.165, 1.54) is 30.2 Å². The lowest BCUT2D eigenvalue weighted by molar-refractivity contribution is 0.572. The molecule has 0 radical (unpaired) electrons. The van der Waals surface area contributed by atoms with Crippen molar-refractivity contribution in [3.63, 3.8) is 0 Å². The molecule has 1 saturated heterocycles. The Kier molecular flexibility index (Phi) is 3.19. The average molecular weight is 210 g/mol. The molecule has 1 aliphatic rings. The first-order valence-corrected chi connectivity index (χ1v) is 6.28. The third-order valence-electron chi connectivity index (χ3n) is 2.72. The number of thiazole rings is 1. The minimum absolute atomic E-state index is 0.579. The number of nitrogens with zero attached hydrogens (tertiary/aromatic N) is 1. The molecular weight excluding hydrogens is 192 g/mol. The van der Waals surface area contributed by atoms with Crippen LogP contribution < -0.4 is 5.32 Å². The zero-order valence-corrected chi connectivity index (χ0v) is 9.73. The van der Waals surface area contributed by atoms with Crippen LogP contribution in [0.15, 0.2) is 5.38 Å². The van der Waals surface area contributed by atoms with Crippen LogP contribution in [-0.4, -0.2) is 18.1 Å².